The first-order valence-corrected chi connectivity index (χ1v) is 6.17. The summed E-state index contributed by atoms with van der Waals surface area (Å²) in [4.78, 5) is 15.9. The highest BCUT2D eigenvalue weighted by molar-refractivity contribution is 5.75. The van der Waals surface area contributed by atoms with E-state index in [1.54, 1.807) is 0 Å². The van der Waals surface area contributed by atoms with E-state index in [0.29, 0.717) is 18.4 Å². The van der Waals surface area contributed by atoms with Crippen LogP contribution < -0.4 is 0 Å². The summed E-state index contributed by atoms with van der Waals surface area (Å²) in [6, 6.07) is 0.686. The van der Waals surface area contributed by atoms with Gasteiger partial charge in [-0.05, 0) is 32.9 Å². The Kier molecular flexibility index (Phi) is 5.09. The highest BCUT2D eigenvalue weighted by Gasteiger charge is 2.23. The zero-order valence-electron chi connectivity index (χ0n) is 10.3. The molecule has 1 amide bonds. The molecule has 0 spiro atoms. The van der Waals surface area contributed by atoms with Crippen molar-refractivity contribution in [2.45, 2.75) is 45.6 Å². The molecule has 88 valence electrons. The molecule has 1 saturated heterocycles. The molecule has 1 fully saturated rings. The highest BCUT2D eigenvalue weighted by atomic mass is 16.2. The van der Waals surface area contributed by atoms with Crippen molar-refractivity contribution in [3.63, 3.8) is 0 Å². The van der Waals surface area contributed by atoms with E-state index in [-0.39, 0.29) is 0 Å². The second kappa shape index (κ2) is 6.11. The smallest absolute Gasteiger partial charge is 0.222 e. The molecule has 0 aromatic heterocycles. The van der Waals surface area contributed by atoms with E-state index in [9.17, 15) is 4.79 Å². The van der Waals surface area contributed by atoms with Crippen LogP contribution in [0.2, 0.25) is 0 Å². The van der Waals surface area contributed by atoms with Crippen molar-refractivity contribution in [3.05, 3.63) is 0 Å². The number of amides is 1. The van der Waals surface area contributed by atoms with Crippen LogP contribution in [0, 0.1) is 0 Å². The van der Waals surface area contributed by atoms with Gasteiger partial charge in [-0.2, -0.15) is 0 Å². The Morgan fingerprint density at radius 2 is 1.93 bits per heavy atom. The van der Waals surface area contributed by atoms with Gasteiger partial charge in [-0.25, -0.2) is 0 Å². The predicted octanol–water partition coefficient (Wildman–Crippen LogP) is 1.73. The van der Waals surface area contributed by atoms with Gasteiger partial charge in [0, 0.05) is 25.6 Å². The summed E-state index contributed by atoms with van der Waals surface area (Å²) < 4.78 is 0. The molecule has 0 atom stereocenters. The summed E-state index contributed by atoms with van der Waals surface area (Å²) in [5, 5.41) is 0. The Hall–Kier alpha value is -0.570. The number of rotatable bonds is 4. The quantitative estimate of drug-likeness (QED) is 0.708. The van der Waals surface area contributed by atoms with E-state index >= 15 is 0 Å². The first kappa shape index (κ1) is 12.5. The fourth-order valence-corrected chi connectivity index (χ4v) is 2.31. The van der Waals surface area contributed by atoms with Crippen LogP contribution in [0.25, 0.3) is 0 Å². The van der Waals surface area contributed by atoms with Crippen molar-refractivity contribution in [2.24, 2.45) is 0 Å². The van der Waals surface area contributed by atoms with E-state index < -0.39 is 0 Å². The van der Waals surface area contributed by atoms with Gasteiger partial charge >= 0.3 is 0 Å². The topological polar surface area (TPSA) is 23.6 Å². The zero-order chi connectivity index (χ0) is 11.3. The first-order valence-electron chi connectivity index (χ1n) is 6.17. The van der Waals surface area contributed by atoms with Gasteiger partial charge in [0.15, 0.2) is 0 Å². The number of hydrogen-bond acceptors (Lipinski definition) is 2. The van der Waals surface area contributed by atoms with Crippen molar-refractivity contribution in [1.82, 2.24) is 9.80 Å². The summed E-state index contributed by atoms with van der Waals surface area (Å²) in [7, 11) is 2.20. The average molecular weight is 212 g/mol. The lowest BCUT2D eigenvalue weighted by Gasteiger charge is -2.36. The number of piperidine rings is 1. The lowest BCUT2D eigenvalue weighted by molar-refractivity contribution is -0.132. The molecule has 1 heterocycles. The molecule has 1 aliphatic heterocycles. The van der Waals surface area contributed by atoms with Gasteiger partial charge in [-0.15, -0.1) is 0 Å². The van der Waals surface area contributed by atoms with Crippen molar-refractivity contribution < 1.29 is 4.79 Å². The standard InChI is InChI=1S/C12H24N2O/c1-4-8-13(3)11-6-9-14(10-7-11)12(15)5-2/h11H,4-10H2,1-3H3. The minimum Gasteiger partial charge on any atom is -0.343 e. The van der Waals surface area contributed by atoms with Crippen molar-refractivity contribution in [3.8, 4) is 0 Å². The van der Waals surface area contributed by atoms with E-state index in [2.05, 4.69) is 18.9 Å². The summed E-state index contributed by atoms with van der Waals surface area (Å²) >= 11 is 0. The molecular formula is C12H24N2O. The van der Waals surface area contributed by atoms with E-state index in [1.807, 2.05) is 11.8 Å². The average Bonchev–Trinajstić information content (AvgIpc) is 2.28. The molecule has 0 N–H and O–H groups in total. The maximum absolute atomic E-state index is 11.5. The zero-order valence-corrected chi connectivity index (χ0v) is 10.3. The van der Waals surface area contributed by atoms with Gasteiger partial charge in [0.25, 0.3) is 0 Å². The van der Waals surface area contributed by atoms with Crippen molar-refractivity contribution in [2.75, 3.05) is 26.7 Å². The molecule has 1 rings (SSSR count). The lowest BCUT2D eigenvalue weighted by atomic mass is 10.0. The van der Waals surface area contributed by atoms with E-state index in [1.165, 1.54) is 13.0 Å². The van der Waals surface area contributed by atoms with Crippen molar-refractivity contribution >= 4 is 5.91 Å². The highest BCUT2D eigenvalue weighted by Crippen LogP contribution is 2.16. The molecule has 0 radical (unpaired) electrons. The maximum Gasteiger partial charge on any atom is 0.222 e. The third-order valence-electron chi connectivity index (χ3n) is 3.32. The molecule has 3 nitrogen and oxygen atoms in total. The fraction of sp³-hybridized carbons (Fsp3) is 0.917. The fourth-order valence-electron chi connectivity index (χ4n) is 2.31. The molecule has 0 aromatic carbocycles. The van der Waals surface area contributed by atoms with Crippen LogP contribution in [0.5, 0.6) is 0 Å². The van der Waals surface area contributed by atoms with Crippen LogP contribution in [0.15, 0.2) is 0 Å². The second-order valence-corrected chi connectivity index (χ2v) is 4.45. The summed E-state index contributed by atoms with van der Waals surface area (Å²) in [6.07, 6.45) is 4.14. The Morgan fingerprint density at radius 3 is 2.40 bits per heavy atom. The third kappa shape index (κ3) is 3.49. The Bertz CT molecular complexity index is 198. The van der Waals surface area contributed by atoms with Crippen LogP contribution in [0.3, 0.4) is 0 Å². The number of nitrogens with zero attached hydrogens (tertiary/aromatic N) is 2. The molecule has 3 heteroatoms. The van der Waals surface area contributed by atoms with Gasteiger partial charge in [0.2, 0.25) is 5.91 Å². The molecular weight excluding hydrogens is 188 g/mol. The normalized spacial score (nSPS) is 18.5. The molecule has 15 heavy (non-hydrogen) atoms. The molecule has 0 bridgehead atoms. The van der Waals surface area contributed by atoms with Gasteiger partial charge in [-0.3, -0.25) is 4.79 Å². The predicted molar refractivity (Wildman–Crippen MR) is 62.8 cm³/mol. The number of carbonyl (C=O) groups is 1. The van der Waals surface area contributed by atoms with Crippen LogP contribution in [0.4, 0.5) is 0 Å². The summed E-state index contributed by atoms with van der Waals surface area (Å²) in [6.45, 7) is 7.23. The van der Waals surface area contributed by atoms with Gasteiger partial charge in [0.05, 0.1) is 0 Å². The minimum atomic E-state index is 0.312. The third-order valence-corrected chi connectivity index (χ3v) is 3.32. The van der Waals surface area contributed by atoms with Crippen LogP contribution in [-0.2, 0) is 4.79 Å². The number of likely N-dealkylation sites (tertiary alicyclic amines) is 1. The first-order chi connectivity index (χ1) is 7.19. The Labute approximate surface area is 93.4 Å². The number of carbonyl (C=O) groups excluding carboxylic acids is 1. The molecule has 0 aliphatic carbocycles. The maximum atomic E-state index is 11.5. The van der Waals surface area contributed by atoms with Crippen LogP contribution in [0.1, 0.15) is 39.5 Å². The Morgan fingerprint density at radius 1 is 1.33 bits per heavy atom. The largest absolute Gasteiger partial charge is 0.343 e. The lowest BCUT2D eigenvalue weighted by Crippen LogP contribution is -2.45. The van der Waals surface area contributed by atoms with Gasteiger partial charge in [-0.1, -0.05) is 13.8 Å². The minimum absolute atomic E-state index is 0.312. The Balaban J connectivity index is 2.32. The van der Waals surface area contributed by atoms with E-state index in [4.69, 9.17) is 0 Å². The second-order valence-electron chi connectivity index (χ2n) is 4.45. The van der Waals surface area contributed by atoms with E-state index in [0.717, 1.165) is 25.9 Å². The monoisotopic (exact) mass is 212 g/mol. The molecule has 0 saturated carbocycles. The van der Waals surface area contributed by atoms with Crippen molar-refractivity contribution in [1.29, 1.82) is 0 Å². The number of hydrogen-bond donors (Lipinski definition) is 0. The summed E-state index contributed by atoms with van der Waals surface area (Å²) in [5.74, 6) is 0.312. The molecule has 0 unspecified atom stereocenters. The SMILES string of the molecule is CCCN(C)C1CCN(C(=O)CC)CC1. The van der Waals surface area contributed by atoms with Crippen LogP contribution >= 0.6 is 0 Å². The molecule has 0 aromatic rings. The van der Waals surface area contributed by atoms with Crippen LogP contribution in [-0.4, -0.2) is 48.4 Å². The summed E-state index contributed by atoms with van der Waals surface area (Å²) in [5.41, 5.74) is 0. The molecule has 1 aliphatic rings. The van der Waals surface area contributed by atoms with Gasteiger partial charge < -0.3 is 9.80 Å². The van der Waals surface area contributed by atoms with Gasteiger partial charge in [0.1, 0.15) is 0 Å².